The number of pyridine rings is 1. The van der Waals surface area contributed by atoms with Gasteiger partial charge in [0.15, 0.2) is 11.5 Å². The minimum absolute atomic E-state index is 0.119. The molecular weight excluding hydrogens is 498 g/mol. The summed E-state index contributed by atoms with van der Waals surface area (Å²) < 4.78 is 16.4. The van der Waals surface area contributed by atoms with E-state index >= 15 is 0 Å². The van der Waals surface area contributed by atoms with Crippen molar-refractivity contribution in [3.05, 3.63) is 84.1 Å². The summed E-state index contributed by atoms with van der Waals surface area (Å²) in [6.45, 7) is 0. The molecule has 9 heteroatoms. The number of para-hydroxylation sites is 2. The fraction of sp³-hybridized carbons (Fsp3) is 0.167. The van der Waals surface area contributed by atoms with Crippen LogP contribution in [0.15, 0.2) is 72.9 Å². The van der Waals surface area contributed by atoms with Gasteiger partial charge in [0, 0.05) is 34.5 Å². The van der Waals surface area contributed by atoms with Crippen molar-refractivity contribution in [1.82, 2.24) is 15.3 Å². The van der Waals surface area contributed by atoms with Crippen molar-refractivity contribution in [3.8, 4) is 28.5 Å². The molecule has 0 fully saturated rings. The van der Waals surface area contributed by atoms with Crippen molar-refractivity contribution < 1.29 is 28.9 Å². The van der Waals surface area contributed by atoms with Crippen LogP contribution in [0.5, 0.6) is 17.2 Å². The van der Waals surface area contributed by atoms with Gasteiger partial charge in [-0.15, -0.1) is 0 Å². The summed E-state index contributed by atoms with van der Waals surface area (Å²) in [6, 6.07) is 18.8. The lowest BCUT2D eigenvalue weighted by Gasteiger charge is -2.17. The number of fused-ring (bicyclic) bond motifs is 2. The van der Waals surface area contributed by atoms with E-state index in [9.17, 15) is 14.7 Å². The van der Waals surface area contributed by atoms with Gasteiger partial charge in [0.2, 0.25) is 5.75 Å². The number of carbonyl (C=O) groups excluding carboxylic acids is 1. The normalized spacial score (nSPS) is 11.8. The molecule has 0 radical (unpaired) electrons. The Hall–Kier alpha value is -5.05. The molecule has 0 aliphatic rings. The molecule has 0 saturated heterocycles. The lowest BCUT2D eigenvalue weighted by Crippen LogP contribution is -2.42. The summed E-state index contributed by atoms with van der Waals surface area (Å²) in [6.07, 6.45) is 1.89. The van der Waals surface area contributed by atoms with Gasteiger partial charge in [0.05, 0.1) is 38.1 Å². The van der Waals surface area contributed by atoms with Gasteiger partial charge in [-0.1, -0.05) is 36.4 Å². The Balaban J connectivity index is 1.54. The number of carboxylic acids is 1. The van der Waals surface area contributed by atoms with Crippen molar-refractivity contribution in [3.63, 3.8) is 0 Å². The van der Waals surface area contributed by atoms with Crippen LogP contribution in [0, 0.1) is 0 Å². The highest BCUT2D eigenvalue weighted by Crippen LogP contribution is 2.41. The van der Waals surface area contributed by atoms with E-state index in [0.29, 0.717) is 45.0 Å². The Morgan fingerprint density at radius 1 is 0.923 bits per heavy atom. The number of nitrogens with zero attached hydrogens (tertiary/aromatic N) is 1. The van der Waals surface area contributed by atoms with E-state index in [-0.39, 0.29) is 6.42 Å². The molecule has 198 valence electrons. The molecule has 9 nitrogen and oxygen atoms in total. The Kier molecular flexibility index (Phi) is 7.05. The van der Waals surface area contributed by atoms with Crippen molar-refractivity contribution in [2.75, 3.05) is 21.3 Å². The minimum atomic E-state index is -1.15. The van der Waals surface area contributed by atoms with Gasteiger partial charge in [0.1, 0.15) is 6.04 Å². The van der Waals surface area contributed by atoms with Gasteiger partial charge in [0.25, 0.3) is 5.91 Å². The molecule has 2 aromatic heterocycles. The maximum Gasteiger partial charge on any atom is 0.326 e. The maximum atomic E-state index is 13.6. The zero-order valence-electron chi connectivity index (χ0n) is 21.6. The predicted octanol–water partition coefficient (Wildman–Crippen LogP) is 4.83. The van der Waals surface area contributed by atoms with Crippen LogP contribution in [0.25, 0.3) is 33.1 Å². The van der Waals surface area contributed by atoms with Crippen molar-refractivity contribution in [2.24, 2.45) is 0 Å². The van der Waals surface area contributed by atoms with Gasteiger partial charge in [-0.3, -0.25) is 4.79 Å². The Morgan fingerprint density at radius 3 is 2.26 bits per heavy atom. The third kappa shape index (κ3) is 4.94. The topological polar surface area (TPSA) is 123 Å². The molecular formula is C30H27N3O6. The van der Waals surface area contributed by atoms with Gasteiger partial charge < -0.3 is 29.6 Å². The monoisotopic (exact) mass is 525 g/mol. The van der Waals surface area contributed by atoms with Gasteiger partial charge in [-0.25, -0.2) is 9.78 Å². The summed E-state index contributed by atoms with van der Waals surface area (Å²) in [7, 11) is 4.56. The second kappa shape index (κ2) is 10.7. The number of carbonyl (C=O) groups is 2. The van der Waals surface area contributed by atoms with E-state index < -0.39 is 17.9 Å². The second-order valence-electron chi connectivity index (χ2n) is 8.91. The first kappa shape index (κ1) is 25.6. The van der Waals surface area contributed by atoms with Crippen LogP contribution in [0.3, 0.4) is 0 Å². The summed E-state index contributed by atoms with van der Waals surface area (Å²) >= 11 is 0. The van der Waals surface area contributed by atoms with Crippen LogP contribution >= 0.6 is 0 Å². The number of rotatable bonds is 9. The molecule has 5 rings (SSSR count). The number of aromatic nitrogens is 2. The number of ether oxygens (including phenoxy) is 3. The first-order valence-electron chi connectivity index (χ1n) is 12.2. The highest BCUT2D eigenvalue weighted by atomic mass is 16.5. The van der Waals surface area contributed by atoms with E-state index in [1.165, 1.54) is 21.3 Å². The molecule has 3 N–H and O–H groups in total. The predicted molar refractivity (Wildman–Crippen MR) is 148 cm³/mol. The summed E-state index contributed by atoms with van der Waals surface area (Å²) in [5.74, 6) is -0.328. The van der Waals surface area contributed by atoms with Crippen LogP contribution in [0.1, 0.15) is 15.9 Å². The molecule has 0 bridgehead atoms. The number of H-pyrrole nitrogens is 1. The summed E-state index contributed by atoms with van der Waals surface area (Å²) in [5, 5.41) is 14.2. The van der Waals surface area contributed by atoms with E-state index in [2.05, 4.69) is 10.3 Å². The summed E-state index contributed by atoms with van der Waals surface area (Å²) in [4.78, 5) is 33.7. The van der Waals surface area contributed by atoms with E-state index in [0.717, 1.165) is 16.5 Å². The van der Waals surface area contributed by atoms with Crippen LogP contribution in [-0.2, 0) is 11.2 Å². The number of aromatic amines is 1. The van der Waals surface area contributed by atoms with E-state index in [1.807, 2.05) is 30.3 Å². The van der Waals surface area contributed by atoms with E-state index in [1.54, 1.807) is 42.6 Å². The first-order chi connectivity index (χ1) is 18.9. The fourth-order valence-corrected chi connectivity index (χ4v) is 4.70. The fourth-order valence-electron chi connectivity index (χ4n) is 4.70. The molecule has 0 spiro atoms. The highest BCUT2D eigenvalue weighted by Gasteiger charge is 2.24. The third-order valence-electron chi connectivity index (χ3n) is 6.62. The Morgan fingerprint density at radius 2 is 1.59 bits per heavy atom. The van der Waals surface area contributed by atoms with Crippen LogP contribution in [-0.4, -0.2) is 54.3 Å². The summed E-state index contributed by atoms with van der Waals surface area (Å²) in [5.41, 5.74) is 3.71. The molecule has 1 atom stereocenters. The highest BCUT2D eigenvalue weighted by molar-refractivity contribution is 6.08. The smallest absolute Gasteiger partial charge is 0.326 e. The number of amides is 1. The van der Waals surface area contributed by atoms with Crippen molar-refractivity contribution >= 4 is 33.7 Å². The number of methoxy groups -OCH3 is 3. The zero-order chi connectivity index (χ0) is 27.5. The standard InChI is InChI=1S/C30H27N3O6/c1-37-26-13-17(14-27(38-2)28(26)39-3)24-15-21(20-9-5-7-11-23(20)32-24)29(34)33-25(30(35)36)12-18-16-31-22-10-6-4-8-19(18)22/h4-11,13-16,25,31H,12H2,1-3H3,(H,33,34)(H,35,36)/t25-/m1/s1. The molecule has 0 aliphatic carbocycles. The molecule has 1 amide bonds. The van der Waals surface area contributed by atoms with Crippen molar-refractivity contribution in [1.29, 1.82) is 0 Å². The van der Waals surface area contributed by atoms with Gasteiger partial charge in [-0.05, 0) is 35.9 Å². The van der Waals surface area contributed by atoms with Crippen LogP contribution in [0.2, 0.25) is 0 Å². The average Bonchev–Trinajstić information content (AvgIpc) is 3.37. The first-order valence-corrected chi connectivity index (χ1v) is 12.2. The lowest BCUT2D eigenvalue weighted by molar-refractivity contribution is -0.139. The number of hydrogen-bond acceptors (Lipinski definition) is 6. The maximum absolute atomic E-state index is 13.6. The molecule has 39 heavy (non-hydrogen) atoms. The molecule has 0 aliphatic heterocycles. The minimum Gasteiger partial charge on any atom is -0.493 e. The van der Waals surface area contributed by atoms with Crippen LogP contribution in [0.4, 0.5) is 0 Å². The molecule has 2 heterocycles. The number of aliphatic carboxylic acids is 1. The van der Waals surface area contributed by atoms with Gasteiger partial charge in [-0.2, -0.15) is 0 Å². The second-order valence-corrected chi connectivity index (χ2v) is 8.91. The number of benzene rings is 3. The Labute approximate surface area is 224 Å². The molecule has 0 unspecified atom stereocenters. The molecule has 0 saturated carbocycles. The number of carboxylic acid groups (broad SMARTS) is 1. The Bertz CT molecular complexity index is 1670. The quantitative estimate of drug-likeness (QED) is 0.252. The average molecular weight is 526 g/mol. The lowest BCUT2D eigenvalue weighted by atomic mass is 10.0. The molecule has 3 aromatic carbocycles. The van der Waals surface area contributed by atoms with Crippen LogP contribution < -0.4 is 19.5 Å². The van der Waals surface area contributed by atoms with Gasteiger partial charge >= 0.3 is 5.97 Å². The largest absolute Gasteiger partial charge is 0.493 e. The van der Waals surface area contributed by atoms with Crippen molar-refractivity contribution in [2.45, 2.75) is 12.5 Å². The molecule has 5 aromatic rings. The number of nitrogens with one attached hydrogen (secondary N) is 2. The SMILES string of the molecule is COc1cc(-c2cc(C(=O)N[C@H](Cc3c[nH]c4ccccc34)C(=O)O)c3ccccc3n2)cc(OC)c1OC. The number of hydrogen-bond donors (Lipinski definition) is 3. The zero-order valence-corrected chi connectivity index (χ0v) is 21.6. The van der Waals surface area contributed by atoms with E-state index in [4.69, 9.17) is 19.2 Å². The third-order valence-corrected chi connectivity index (χ3v) is 6.62.